The molecule has 3 aromatic rings. The predicted octanol–water partition coefficient (Wildman–Crippen LogP) is 4.91. The van der Waals surface area contributed by atoms with E-state index in [0.29, 0.717) is 6.54 Å². The van der Waals surface area contributed by atoms with E-state index in [1.54, 1.807) is 12.1 Å². The van der Waals surface area contributed by atoms with Gasteiger partial charge in [0.2, 0.25) is 0 Å². The van der Waals surface area contributed by atoms with Crippen molar-refractivity contribution in [2.24, 2.45) is 0 Å². The van der Waals surface area contributed by atoms with E-state index in [4.69, 9.17) is 4.98 Å². The van der Waals surface area contributed by atoms with E-state index in [2.05, 4.69) is 0 Å². The van der Waals surface area contributed by atoms with Crippen LogP contribution in [-0.4, -0.2) is 28.9 Å². The third-order valence-corrected chi connectivity index (χ3v) is 5.06. The molecule has 2 heterocycles. The lowest BCUT2D eigenvalue weighted by atomic mass is 9.93. The third-order valence-electron chi connectivity index (χ3n) is 5.06. The summed E-state index contributed by atoms with van der Waals surface area (Å²) in [4.78, 5) is 19.5. The number of halogens is 1. The molecule has 27 heavy (non-hydrogen) atoms. The molecular weight excluding hydrogens is 339 g/mol. The van der Waals surface area contributed by atoms with Gasteiger partial charge in [-0.05, 0) is 61.4 Å². The first kappa shape index (κ1) is 17.4. The third kappa shape index (κ3) is 3.90. The highest BCUT2D eigenvalue weighted by molar-refractivity contribution is 5.94. The van der Waals surface area contributed by atoms with Gasteiger partial charge >= 0.3 is 0 Å². The molecule has 0 spiro atoms. The number of nitrogens with zero attached hydrogens (tertiary/aromatic N) is 2. The maximum Gasteiger partial charge on any atom is 0.253 e. The molecule has 0 aliphatic carbocycles. The van der Waals surface area contributed by atoms with E-state index in [0.717, 1.165) is 41.9 Å². The first-order valence-electron chi connectivity index (χ1n) is 9.28. The van der Waals surface area contributed by atoms with E-state index in [1.165, 1.54) is 12.1 Å². The minimum atomic E-state index is -0.253. The van der Waals surface area contributed by atoms with Crippen LogP contribution in [-0.2, 0) is 0 Å². The summed E-state index contributed by atoms with van der Waals surface area (Å²) in [6.45, 7) is 1.45. The van der Waals surface area contributed by atoms with E-state index in [1.807, 2.05) is 53.4 Å². The number of pyridine rings is 1. The molecule has 1 aliphatic rings. The Morgan fingerprint density at radius 1 is 0.963 bits per heavy atom. The lowest BCUT2D eigenvalue weighted by Gasteiger charge is -2.32. The van der Waals surface area contributed by atoms with Crippen molar-refractivity contribution in [3.8, 4) is 11.3 Å². The highest BCUT2D eigenvalue weighted by atomic mass is 19.1. The number of hydrogen-bond acceptors (Lipinski definition) is 2. The van der Waals surface area contributed by atoms with Gasteiger partial charge in [0.1, 0.15) is 5.82 Å². The minimum absolute atomic E-state index is 0.0787. The SMILES string of the molecule is O=C(c1ccccc1)N1CCCC(c2cccc(-c3ccc(F)cc3)n2)C1. The number of carbonyl (C=O) groups is 1. The Bertz CT molecular complexity index is 925. The van der Waals surface area contributed by atoms with Crippen molar-refractivity contribution in [1.82, 2.24) is 9.88 Å². The molecule has 1 saturated heterocycles. The fourth-order valence-electron chi connectivity index (χ4n) is 3.63. The van der Waals surface area contributed by atoms with Crippen molar-refractivity contribution < 1.29 is 9.18 Å². The van der Waals surface area contributed by atoms with Crippen molar-refractivity contribution >= 4 is 5.91 Å². The maximum absolute atomic E-state index is 13.2. The molecule has 0 N–H and O–H groups in total. The summed E-state index contributed by atoms with van der Waals surface area (Å²) in [7, 11) is 0. The van der Waals surface area contributed by atoms with Gasteiger partial charge in [0, 0.05) is 35.8 Å². The van der Waals surface area contributed by atoms with Gasteiger partial charge in [-0.2, -0.15) is 0 Å². The summed E-state index contributed by atoms with van der Waals surface area (Å²) in [6, 6.07) is 21.7. The molecule has 1 atom stereocenters. The van der Waals surface area contributed by atoms with Gasteiger partial charge in [0.05, 0.1) is 5.69 Å². The van der Waals surface area contributed by atoms with E-state index < -0.39 is 0 Å². The summed E-state index contributed by atoms with van der Waals surface area (Å²) in [5, 5.41) is 0. The summed E-state index contributed by atoms with van der Waals surface area (Å²) in [5.41, 5.74) is 3.44. The Kier molecular flexibility index (Phi) is 4.97. The van der Waals surface area contributed by atoms with E-state index >= 15 is 0 Å². The van der Waals surface area contributed by atoms with Crippen molar-refractivity contribution in [2.75, 3.05) is 13.1 Å². The normalized spacial score (nSPS) is 16.9. The van der Waals surface area contributed by atoms with Crippen LogP contribution in [0.5, 0.6) is 0 Å². The minimum Gasteiger partial charge on any atom is -0.338 e. The summed E-state index contributed by atoms with van der Waals surface area (Å²) in [6.07, 6.45) is 1.98. The summed E-state index contributed by atoms with van der Waals surface area (Å²) in [5.74, 6) is 0.0408. The molecular formula is C23H21FN2O. The van der Waals surface area contributed by atoms with Crippen LogP contribution in [0.25, 0.3) is 11.3 Å². The Morgan fingerprint density at radius 2 is 1.74 bits per heavy atom. The standard InChI is InChI=1S/C23H21FN2O/c24-20-13-11-17(12-14-20)21-9-4-10-22(25-21)19-8-5-15-26(16-19)23(27)18-6-2-1-3-7-18/h1-4,6-7,9-14,19H,5,8,15-16H2. The van der Waals surface area contributed by atoms with Crippen molar-refractivity contribution in [1.29, 1.82) is 0 Å². The number of carbonyl (C=O) groups excluding carboxylic acids is 1. The average molecular weight is 360 g/mol. The second-order valence-electron chi connectivity index (χ2n) is 6.91. The van der Waals surface area contributed by atoms with E-state index in [-0.39, 0.29) is 17.6 Å². The summed E-state index contributed by atoms with van der Waals surface area (Å²) >= 11 is 0. The zero-order valence-electron chi connectivity index (χ0n) is 15.0. The smallest absolute Gasteiger partial charge is 0.253 e. The lowest BCUT2D eigenvalue weighted by Crippen LogP contribution is -2.39. The van der Waals surface area contributed by atoms with Crippen LogP contribution < -0.4 is 0 Å². The number of rotatable bonds is 3. The van der Waals surface area contributed by atoms with Crippen LogP contribution in [0.15, 0.2) is 72.8 Å². The summed E-state index contributed by atoms with van der Waals surface area (Å²) < 4.78 is 13.2. The lowest BCUT2D eigenvalue weighted by molar-refractivity contribution is 0.0706. The first-order chi connectivity index (χ1) is 13.2. The molecule has 0 bridgehead atoms. The quantitative estimate of drug-likeness (QED) is 0.665. The van der Waals surface area contributed by atoms with Gasteiger partial charge in [-0.15, -0.1) is 0 Å². The number of aromatic nitrogens is 1. The molecule has 1 aromatic heterocycles. The fourth-order valence-corrected chi connectivity index (χ4v) is 3.63. The molecule has 4 heteroatoms. The van der Waals surface area contributed by atoms with Crippen LogP contribution in [0, 0.1) is 5.82 Å². The maximum atomic E-state index is 13.2. The molecule has 2 aromatic carbocycles. The molecule has 4 rings (SSSR count). The molecule has 1 unspecified atom stereocenters. The van der Waals surface area contributed by atoms with Gasteiger partial charge in [-0.1, -0.05) is 24.3 Å². The zero-order chi connectivity index (χ0) is 18.6. The second kappa shape index (κ2) is 7.70. The van der Waals surface area contributed by atoms with Crippen LogP contribution in [0.3, 0.4) is 0 Å². The second-order valence-corrected chi connectivity index (χ2v) is 6.91. The number of piperidine rings is 1. The van der Waals surface area contributed by atoms with Crippen LogP contribution in [0.1, 0.15) is 34.8 Å². The Labute approximate surface area is 158 Å². The molecule has 136 valence electrons. The average Bonchev–Trinajstić information content (AvgIpc) is 2.74. The molecule has 3 nitrogen and oxygen atoms in total. The highest BCUT2D eigenvalue weighted by Crippen LogP contribution is 2.28. The molecule has 1 fully saturated rings. The van der Waals surface area contributed by atoms with Gasteiger partial charge < -0.3 is 4.90 Å². The van der Waals surface area contributed by atoms with Gasteiger partial charge in [-0.25, -0.2) is 4.39 Å². The van der Waals surface area contributed by atoms with Crippen molar-refractivity contribution in [2.45, 2.75) is 18.8 Å². The van der Waals surface area contributed by atoms with Crippen LogP contribution in [0.2, 0.25) is 0 Å². The monoisotopic (exact) mass is 360 g/mol. The van der Waals surface area contributed by atoms with Gasteiger partial charge in [-0.3, -0.25) is 9.78 Å². The molecule has 0 radical (unpaired) electrons. The van der Waals surface area contributed by atoms with Gasteiger partial charge in [0.15, 0.2) is 0 Å². The number of likely N-dealkylation sites (tertiary alicyclic amines) is 1. The number of amides is 1. The van der Waals surface area contributed by atoms with Crippen LogP contribution >= 0.6 is 0 Å². The first-order valence-corrected chi connectivity index (χ1v) is 9.28. The Balaban J connectivity index is 1.54. The van der Waals surface area contributed by atoms with Crippen molar-refractivity contribution in [3.63, 3.8) is 0 Å². The van der Waals surface area contributed by atoms with E-state index in [9.17, 15) is 9.18 Å². The topological polar surface area (TPSA) is 33.2 Å². The fraction of sp³-hybridized carbons (Fsp3) is 0.217. The number of hydrogen-bond donors (Lipinski definition) is 0. The highest BCUT2D eigenvalue weighted by Gasteiger charge is 2.26. The Hall–Kier alpha value is -3.01. The molecule has 1 amide bonds. The van der Waals surface area contributed by atoms with Gasteiger partial charge in [0.25, 0.3) is 5.91 Å². The Morgan fingerprint density at radius 3 is 2.52 bits per heavy atom. The largest absolute Gasteiger partial charge is 0.338 e. The molecule has 1 aliphatic heterocycles. The zero-order valence-corrected chi connectivity index (χ0v) is 15.0. The number of benzene rings is 2. The van der Waals surface area contributed by atoms with Crippen molar-refractivity contribution in [3.05, 3.63) is 89.9 Å². The van der Waals surface area contributed by atoms with Crippen LogP contribution in [0.4, 0.5) is 4.39 Å². The molecule has 0 saturated carbocycles. The predicted molar refractivity (Wildman–Crippen MR) is 104 cm³/mol.